The van der Waals surface area contributed by atoms with E-state index in [1.165, 1.54) is 0 Å². The van der Waals surface area contributed by atoms with Gasteiger partial charge in [0.2, 0.25) is 0 Å². The number of nitrogen functional groups attached to an aromatic ring is 1. The minimum Gasteiger partial charge on any atom is -0.497 e. The smallest absolute Gasteiger partial charge is 0.122 e. The van der Waals surface area contributed by atoms with Crippen LogP contribution in [0.15, 0.2) is 36.4 Å². The molecule has 0 spiro atoms. The number of hydrogen-bond acceptors (Lipinski definition) is 4. The predicted octanol–water partition coefficient (Wildman–Crippen LogP) is 2.32. The van der Waals surface area contributed by atoms with Crippen molar-refractivity contribution >= 4 is 11.5 Å². The minimum atomic E-state index is 0.0700. The summed E-state index contributed by atoms with van der Waals surface area (Å²) >= 11 is 0. The Hall–Kier alpha value is -2.56. The second kappa shape index (κ2) is 6.26. The van der Waals surface area contributed by atoms with E-state index in [1.807, 2.05) is 50.4 Å². The normalized spacial score (nSPS) is 10.2. The van der Waals surface area contributed by atoms with Crippen LogP contribution >= 0.6 is 0 Å². The quantitative estimate of drug-likeness (QED) is 0.652. The number of nitrogens with two attached hydrogens (primary N) is 1. The van der Waals surface area contributed by atoms with Gasteiger partial charge in [0.1, 0.15) is 11.6 Å². The van der Waals surface area contributed by atoms with Gasteiger partial charge in [0, 0.05) is 36.1 Å². The molecule has 0 saturated heterocycles. The standard InChI is InChI=1S/C16H20N4O/c1-11-7-15(21-3)9-13(19-11)10-20(2)14-6-4-5-12(8-14)16(17)18/h4-9H,10H2,1-3H3,(H3,17,18). The van der Waals surface area contributed by atoms with Crippen LogP contribution in [0.25, 0.3) is 0 Å². The molecule has 1 aromatic heterocycles. The summed E-state index contributed by atoms with van der Waals surface area (Å²) in [5, 5.41) is 7.51. The highest BCUT2D eigenvalue weighted by Crippen LogP contribution is 2.19. The molecule has 1 aromatic carbocycles. The molecule has 0 aliphatic carbocycles. The van der Waals surface area contributed by atoms with Crippen molar-refractivity contribution in [1.82, 2.24) is 4.98 Å². The molecular weight excluding hydrogens is 264 g/mol. The van der Waals surface area contributed by atoms with Crippen LogP contribution in [0.2, 0.25) is 0 Å². The summed E-state index contributed by atoms with van der Waals surface area (Å²) in [4.78, 5) is 6.58. The van der Waals surface area contributed by atoms with Crippen molar-refractivity contribution in [3.8, 4) is 5.75 Å². The van der Waals surface area contributed by atoms with Crippen LogP contribution in [0.5, 0.6) is 5.75 Å². The number of nitrogens with zero attached hydrogens (tertiary/aromatic N) is 2. The van der Waals surface area contributed by atoms with E-state index in [2.05, 4.69) is 9.88 Å². The average molecular weight is 284 g/mol. The monoisotopic (exact) mass is 284 g/mol. The van der Waals surface area contributed by atoms with Gasteiger partial charge in [0.05, 0.1) is 19.3 Å². The molecule has 0 aliphatic rings. The van der Waals surface area contributed by atoms with Crippen LogP contribution in [0.3, 0.4) is 0 Å². The summed E-state index contributed by atoms with van der Waals surface area (Å²) in [6.07, 6.45) is 0. The van der Waals surface area contributed by atoms with Crippen LogP contribution in [0.4, 0.5) is 5.69 Å². The topological polar surface area (TPSA) is 75.2 Å². The molecule has 110 valence electrons. The summed E-state index contributed by atoms with van der Waals surface area (Å²) in [7, 11) is 3.63. The molecule has 0 fully saturated rings. The summed E-state index contributed by atoms with van der Waals surface area (Å²) in [6.45, 7) is 2.60. The number of aryl methyl sites for hydroxylation is 1. The molecule has 0 saturated carbocycles. The van der Waals surface area contributed by atoms with Gasteiger partial charge in [-0.1, -0.05) is 12.1 Å². The number of benzene rings is 1. The molecule has 0 radical (unpaired) electrons. The summed E-state index contributed by atoms with van der Waals surface area (Å²) in [5.74, 6) is 0.879. The van der Waals surface area contributed by atoms with Crippen molar-refractivity contribution in [3.63, 3.8) is 0 Å². The van der Waals surface area contributed by atoms with E-state index in [1.54, 1.807) is 7.11 Å². The van der Waals surface area contributed by atoms with Crippen molar-refractivity contribution < 1.29 is 4.74 Å². The van der Waals surface area contributed by atoms with Gasteiger partial charge >= 0.3 is 0 Å². The number of anilines is 1. The van der Waals surface area contributed by atoms with Gasteiger partial charge in [-0.2, -0.15) is 0 Å². The maximum Gasteiger partial charge on any atom is 0.122 e. The lowest BCUT2D eigenvalue weighted by atomic mass is 10.1. The molecule has 0 aliphatic heterocycles. The molecule has 5 heteroatoms. The van der Waals surface area contributed by atoms with Gasteiger partial charge in [0.25, 0.3) is 0 Å². The zero-order valence-corrected chi connectivity index (χ0v) is 12.6. The molecule has 2 aromatic rings. The van der Waals surface area contributed by atoms with Crippen LogP contribution in [0.1, 0.15) is 17.0 Å². The lowest BCUT2D eigenvalue weighted by Gasteiger charge is -2.20. The number of nitrogens with one attached hydrogen (secondary N) is 1. The second-order valence-corrected chi connectivity index (χ2v) is 4.96. The van der Waals surface area contributed by atoms with Crippen LogP contribution in [-0.2, 0) is 6.54 Å². The first kappa shape index (κ1) is 14.8. The zero-order chi connectivity index (χ0) is 15.4. The van der Waals surface area contributed by atoms with Gasteiger partial charge in [-0.15, -0.1) is 0 Å². The van der Waals surface area contributed by atoms with Crippen molar-refractivity contribution in [2.24, 2.45) is 5.73 Å². The molecule has 0 unspecified atom stereocenters. The molecule has 2 rings (SSSR count). The highest BCUT2D eigenvalue weighted by atomic mass is 16.5. The van der Waals surface area contributed by atoms with Crippen LogP contribution in [-0.4, -0.2) is 25.0 Å². The van der Waals surface area contributed by atoms with Gasteiger partial charge in [0.15, 0.2) is 0 Å². The number of hydrogen-bond donors (Lipinski definition) is 2. The van der Waals surface area contributed by atoms with Crippen molar-refractivity contribution in [2.75, 3.05) is 19.1 Å². The van der Waals surface area contributed by atoms with E-state index in [9.17, 15) is 0 Å². The maximum atomic E-state index is 7.51. The van der Waals surface area contributed by atoms with Gasteiger partial charge < -0.3 is 15.4 Å². The lowest BCUT2D eigenvalue weighted by Crippen LogP contribution is -2.19. The third kappa shape index (κ3) is 3.72. The Morgan fingerprint density at radius 3 is 2.76 bits per heavy atom. The summed E-state index contributed by atoms with van der Waals surface area (Å²) in [5.41, 5.74) is 9.10. The Bertz CT molecular complexity index is 654. The van der Waals surface area contributed by atoms with Gasteiger partial charge in [-0.05, 0) is 19.1 Å². The van der Waals surface area contributed by atoms with Gasteiger partial charge in [-0.3, -0.25) is 10.4 Å². The summed E-state index contributed by atoms with van der Waals surface area (Å²) < 4.78 is 5.27. The number of ether oxygens (including phenoxy) is 1. The third-order valence-electron chi connectivity index (χ3n) is 3.21. The van der Waals surface area contributed by atoms with E-state index < -0.39 is 0 Å². The zero-order valence-electron chi connectivity index (χ0n) is 12.6. The Kier molecular flexibility index (Phi) is 4.42. The molecule has 0 atom stereocenters. The Morgan fingerprint density at radius 1 is 1.33 bits per heavy atom. The van der Waals surface area contributed by atoms with E-state index >= 15 is 0 Å². The number of amidine groups is 1. The minimum absolute atomic E-state index is 0.0700. The first-order valence-electron chi connectivity index (χ1n) is 6.66. The second-order valence-electron chi connectivity index (χ2n) is 4.96. The highest BCUT2D eigenvalue weighted by Gasteiger charge is 2.07. The predicted molar refractivity (Wildman–Crippen MR) is 85.1 cm³/mol. The SMILES string of the molecule is COc1cc(C)nc(CN(C)c2cccc(C(=N)N)c2)c1. The van der Waals surface area contributed by atoms with Crippen LogP contribution < -0.4 is 15.4 Å². The van der Waals surface area contributed by atoms with Crippen LogP contribution in [0, 0.1) is 12.3 Å². The van der Waals surface area contributed by atoms with Crippen molar-refractivity contribution in [1.29, 1.82) is 5.41 Å². The van der Waals surface area contributed by atoms with Crippen molar-refractivity contribution in [3.05, 3.63) is 53.3 Å². The number of rotatable bonds is 5. The summed E-state index contributed by atoms with van der Waals surface area (Å²) in [6, 6.07) is 11.4. The Balaban J connectivity index is 2.21. The molecule has 1 heterocycles. The fourth-order valence-electron chi connectivity index (χ4n) is 2.15. The lowest BCUT2D eigenvalue weighted by molar-refractivity contribution is 0.413. The highest BCUT2D eigenvalue weighted by molar-refractivity contribution is 5.95. The van der Waals surface area contributed by atoms with Gasteiger partial charge in [-0.25, -0.2) is 0 Å². The number of methoxy groups -OCH3 is 1. The molecule has 0 amide bonds. The Labute approximate surface area is 124 Å². The van der Waals surface area contributed by atoms with E-state index in [4.69, 9.17) is 15.9 Å². The van der Waals surface area contributed by atoms with E-state index in [0.29, 0.717) is 12.1 Å². The fraction of sp³-hybridized carbons (Fsp3) is 0.250. The largest absolute Gasteiger partial charge is 0.497 e. The molecule has 5 nitrogen and oxygen atoms in total. The molecule has 3 N–H and O–H groups in total. The number of pyridine rings is 1. The Morgan fingerprint density at radius 2 is 2.10 bits per heavy atom. The molecule has 21 heavy (non-hydrogen) atoms. The van der Waals surface area contributed by atoms with Crippen molar-refractivity contribution in [2.45, 2.75) is 13.5 Å². The first-order chi connectivity index (χ1) is 9.99. The average Bonchev–Trinajstić information content (AvgIpc) is 2.46. The fourth-order valence-corrected chi connectivity index (χ4v) is 2.15. The van der Waals surface area contributed by atoms with E-state index in [-0.39, 0.29) is 5.84 Å². The molecular formula is C16H20N4O. The third-order valence-corrected chi connectivity index (χ3v) is 3.21. The molecule has 0 bridgehead atoms. The van der Waals surface area contributed by atoms with E-state index in [0.717, 1.165) is 22.8 Å². The maximum absolute atomic E-state index is 7.51. The first-order valence-corrected chi connectivity index (χ1v) is 6.66. The number of aromatic nitrogens is 1.